The van der Waals surface area contributed by atoms with Gasteiger partial charge in [-0.05, 0) is 24.1 Å². The zero-order valence-electron chi connectivity index (χ0n) is 14.9. The number of hydrogen-bond acceptors (Lipinski definition) is 5. The van der Waals surface area contributed by atoms with Gasteiger partial charge in [0.05, 0.1) is 0 Å². The molecule has 1 saturated heterocycles. The number of piperazine rings is 1. The van der Waals surface area contributed by atoms with Gasteiger partial charge in [-0.2, -0.15) is 0 Å². The third-order valence-electron chi connectivity index (χ3n) is 4.52. The number of anilines is 2. The number of hydrogen-bond donors (Lipinski definition) is 0. The first kappa shape index (κ1) is 17.2. The highest BCUT2D eigenvalue weighted by Crippen LogP contribution is 2.16. The summed E-state index contributed by atoms with van der Waals surface area (Å²) in [6.45, 7) is 3.08. The summed E-state index contributed by atoms with van der Waals surface area (Å²) in [5, 5.41) is 8.52. The van der Waals surface area contributed by atoms with Crippen LogP contribution in [0.15, 0.2) is 42.5 Å². The van der Waals surface area contributed by atoms with Crippen LogP contribution in [0, 0.1) is 0 Å². The molecule has 2 aromatic rings. The molecule has 2 heterocycles. The van der Waals surface area contributed by atoms with Crippen LogP contribution in [0.4, 0.5) is 11.6 Å². The van der Waals surface area contributed by atoms with Gasteiger partial charge in [-0.25, -0.2) is 0 Å². The van der Waals surface area contributed by atoms with Crippen LogP contribution in [0.3, 0.4) is 0 Å². The van der Waals surface area contributed by atoms with Gasteiger partial charge < -0.3 is 14.7 Å². The van der Waals surface area contributed by atoms with Crippen LogP contribution in [0.1, 0.15) is 12.0 Å². The Morgan fingerprint density at radius 2 is 1.72 bits per heavy atom. The minimum Gasteiger partial charge on any atom is -0.361 e. The zero-order valence-corrected chi connectivity index (χ0v) is 14.9. The third-order valence-corrected chi connectivity index (χ3v) is 4.52. The molecule has 0 radical (unpaired) electrons. The molecule has 3 rings (SSSR count). The normalized spacial score (nSPS) is 14.5. The van der Waals surface area contributed by atoms with E-state index in [1.807, 2.05) is 54.2 Å². The Morgan fingerprint density at radius 3 is 2.32 bits per heavy atom. The number of aryl methyl sites for hydroxylation is 1. The Morgan fingerprint density at radius 1 is 1.00 bits per heavy atom. The standard InChI is InChI=1S/C19H25N5O/c1-22(2)17-9-10-18(21-20-17)23-12-14-24(15-13-23)19(25)11-8-16-6-4-3-5-7-16/h3-7,9-10H,8,11-15H2,1-2H3. The largest absolute Gasteiger partial charge is 0.361 e. The summed E-state index contributed by atoms with van der Waals surface area (Å²) in [5.41, 5.74) is 1.21. The van der Waals surface area contributed by atoms with Crippen LogP contribution >= 0.6 is 0 Å². The molecule has 0 atom stereocenters. The Labute approximate surface area is 149 Å². The number of carbonyl (C=O) groups is 1. The lowest BCUT2D eigenvalue weighted by Gasteiger charge is -2.35. The topological polar surface area (TPSA) is 52.6 Å². The van der Waals surface area contributed by atoms with Crippen molar-refractivity contribution in [1.82, 2.24) is 15.1 Å². The summed E-state index contributed by atoms with van der Waals surface area (Å²) >= 11 is 0. The maximum Gasteiger partial charge on any atom is 0.223 e. The molecule has 0 N–H and O–H groups in total. The van der Waals surface area contributed by atoms with Gasteiger partial charge in [0.2, 0.25) is 5.91 Å². The maximum absolute atomic E-state index is 12.4. The monoisotopic (exact) mass is 339 g/mol. The molecule has 1 amide bonds. The summed E-state index contributed by atoms with van der Waals surface area (Å²) in [5.74, 6) is 1.96. The van der Waals surface area contributed by atoms with Gasteiger partial charge >= 0.3 is 0 Å². The molecule has 1 aromatic heterocycles. The van der Waals surface area contributed by atoms with Crippen LogP contribution in [-0.4, -0.2) is 61.3 Å². The average molecular weight is 339 g/mol. The highest BCUT2D eigenvalue weighted by atomic mass is 16.2. The number of benzene rings is 1. The fourth-order valence-electron chi connectivity index (χ4n) is 2.96. The van der Waals surface area contributed by atoms with E-state index in [0.717, 1.165) is 44.2 Å². The maximum atomic E-state index is 12.4. The lowest BCUT2D eigenvalue weighted by Crippen LogP contribution is -2.49. The summed E-state index contributed by atoms with van der Waals surface area (Å²) in [7, 11) is 3.90. The van der Waals surface area contributed by atoms with Gasteiger partial charge in [-0.3, -0.25) is 4.79 Å². The number of nitrogens with zero attached hydrogens (tertiary/aromatic N) is 5. The van der Waals surface area contributed by atoms with E-state index in [9.17, 15) is 4.79 Å². The number of carbonyl (C=O) groups excluding carboxylic acids is 1. The fraction of sp³-hybridized carbons (Fsp3) is 0.421. The molecule has 1 aromatic carbocycles. The molecule has 6 nitrogen and oxygen atoms in total. The van der Waals surface area contributed by atoms with E-state index in [4.69, 9.17) is 0 Å². The predicted molar refractivity (Wildman–Crippen MR) is 99.9 cm³/mol. The molecule has 0 spiro atoms. The molecule has 0 unspecified atom stereocenters. The van der Waals surface area contributed by atoms with E-state index in [0.29, 0.717) is 6.42 Å². The van der Waals surface area contributed by atoms with Gasteiger partial charge in [-0.15, -0.1) is 10.2 Å². The lowest BCUT2D eigenvalue weighted by atomic mass is 10.1. The van der Waals surface area contributed by atoms with Crippen LogP contribution in [0.2, 0.25) is 0 Å². The first-order valence-corrected chi connectivity index (χ1v) is 8.71. The molecular weight excluding hydrogens is 314 g/mol. The summed E-state index contributed by atoms with van der Waals surface area (Å²) in [6.07, 6.45) is 1.37. The van der Waals surface area contributed by atoms with Crippen molar-refractivity contribution in [2.75, 3.05) is 50.1 Å². The van der Waals surface area contributed by atoms with Crippen molar-refractivity contribution in [3.05, 3.63) is 48.0 Å². The second kappa shape index (κ2) is 7.96. The smallest absolute Gasteiger partial charge is 0.223 e. The Balaban J connectivity index is 1.48. The van der Waals surface area contributed by atoms with Crippen molar-refractivity contribution < 1.29 is 4.79 Å². The van der Waals surface area contributed by atoms with E-state index in [2.05, 4.69) is 27.2 Å². The molecule has 6 heteroatoms. The minimum absolute atomic E-state index is 0.234. The summed E-state index contributed by atoms with van der Waals surface area (Å²) < 4.78 is 0. The summed E-state index contributed by atoms with van der Waals surface area (Å²) in [4.78, 5) is 18.5. The minimum atomic E-state index is 0.234. The van der Waals surface area contributed by atoms with Crippen LogP contribution in [0.25, 0.3) is 0 Å². The van der Waals surface area contributed by atoms with Crippen molar-refractivity contribution in [2.45, 2.75) is 12.8 Å². The Bertz CT molecular complexity index is 679. The molecule has 0 aliphatic carbocycles. The van der Waals surface area contributed by atoms with Crippen molar-refractivity contribution in [3.63, 3.8) is 0 Å². The second-order valence-electron chi connectivity index (χ2n) is 6.50. The average Bonchev–Trinajstić information content (AvgIpc) is 2.67. The quantitative estimate of drug-likeness (QED) is 0.832. The number of aromatic nitrogens is 2. The zero-order chi connectivity index (χ0) is 17.6. The van der Waals surface area contributed by atoms with Crippen molar-refractivity contribution >= 4 is 17.5 Å². The SMILES string of the molecule is CN(C)c1ccc(N2CCN(C(=O)CCc3ccccc3)CC2)nn1. The number of rotatable bonds is 5. The predicted octanol–water partition coefficient (Wildman–Crippen LogP) is 1.82. The molecule has 25 heavy (non-hydrogen) atoms. The van der Waals surface area contributed by atoms with Gasteiger partial charge in [0, 0.05) is 46.7 Å². The van der Waals surface area contributed by atoms with Gasteiger partial charge in [0.25, 0.3) is 0 Å². The van der Waals surface area contributed by atoms with Crippen molar-refractivity contribution in [2.24, 2.45) is 0 Å². The Kier molecular flexibility index (Phi) is 5.48. The van der Waals surface area contributed by atoms with E-state index in [-0.39, 0.29) is 5.91 Å². The van der Waals surface area contributed by atoms with E-state index in [1.54, 1.807) is 0 Å². The highest BCUT2D eigenvalue weighted by Gasteiger charge is 2.21. The third kappa shape index (κ3) is 4.47. The van der Waals surface area contributed by atoms with Gasteiger partial charge in [0.15, 0.2) is 11.6 Å². The molecule has 1 fully saturated rings. The highest BCUT2D eigenvalue weighted by molar-refractivity contribution is 5.76. The molecular formula is C19H25N5O. The molecule has 1 aliphatic heterocycles. The molecule has 132 valence electrons. The van der Waals surface area contributed by atoms with Crippen molar-refractivity contribution in [1.29, 1.82) is 0 Å². The molecule has 0 saturated carbocycles. The van der Waals surface area contributed by atoms with Gasteiger partial charge in [-0.1, -0.05) is 30.3 Å². The first-order valence-electron chi connectivity index (χ1n) is 8.71. The lowest BCUT2D eigenvalue weighted by molar-refractivity contribution is -0.131. The second-order valence-corrected chi connectivity index (χ2v) is 6.50. The molecule has 0 bridgehead atoms. The number of amides is 1. The van der Waals surface area contributed by atoms with Crippen LogP contribution in [0.5, 0.6) is 0 Å². The van der Waals surface area contributed by atoms with Crippen molar-refractivity contribution in [3.8, 4) is 0 Å². The van der Waals surface area contributed by atoms with Crippen LogP contribution in [-0.2, 0) is 11.2 Å². The van der Waals surface area contributed by atoms with Gasteiger partial charge in [0.1, 0.15) is 0 Å². The molecule has 1 aliphatic rings. The van der Waals surface area contributed by atoms with E-state index >= 15 is 0 Å². The van der Waals surface area contributed by atoms with Crippen LogP contribution < -0.4 is 9.80 Å². The van der Waals surface area contributed by atoms with E-state index < -0.39 is 0 Å². The first-order chi connectivity index (χ1) is 12.1. The Hall–Kier alpha value is -2.63. The summed E-state index contributed by atoms with van der Waals surface area (Å²) in [6, 6.07) is 14.1. The fourth-order valence-corrected chi connectivity index (χ4v) is 2.96. The van der Waals surface area contributed by atoms with E-state index in [1.165, 1.54) is 5.56 Å².